The molecule has 0 bridgehead atoms. The molecule has 0 fully saturated rings. The van der Waals surface area contributed by atoms with E-state index < -0.39 is 0 Å². The van der Waals surface area contributed by atoms with Crippen LogP contribution in [0.5, 0.6) is 5.75 Å². The highest BCUT2D eigenvalue weighted by Crippen LogP contribution is 2.37. The maximum Gasteiger partial charge on any atom is 0.261 e. The molecule has 5 heteroatoms. The van der Waals surface area contributed by atoms with Crippen molar-refractivity contribution in [1.29, 1.82) is 0 Å². The first kappa shape index (κ1) is 17.8. The first-order valence-corrected chi connectivity index (χ1v) is 10.4. The molecule has 0 aliphatic carbocycles. The van der Waals surface area contributed by atoms with E-state index in [0.29, 0.717) is 6.54 Å². The highest BCUT2D eigenvalue weighted by molar-refractivity contribution is 7.20. The minimum Gasteiger partial charge on any atom is -0.497 e. The van der Waals surface area contributed by atoms with E-state index in [9.17, 15) is 4.79 Å². The second-order valence-electron chi connectivity index (χ2n) is 6.16. The van der Waals surface area contributed by atoms with Crippen LogP contribution in [0.2, 0.25) is 0 Å². The van der Waals surface area contributed by atoms with E-state index in [-0.39, 0.29) is 5.91 Å². The smallest absolute Gasteiger partial charge is 0.261 e. The highest BCUT2D eigenvalue weighted by atomic mass is 32.1. The van der Waals surface area contributed by atoms with Crippen LogP contribution in [0.3, 0.4) is 0 Å². The molecular weight excluding hydrogens is 374 g/mol. The van der Waals surface area contributed by atoms with Crippen LogP contribution < -0.4 is 10.1 Å². The molecule has 2 aromatic heterocycles. The number of hydrogen-bond acceptors (Lipinski definition) is 4. The average molecular weight is 394 g/mol. The van der Waals surface area contributed by atoms with E-state index in [1.54, 1.807) is 29.8 Å². The first-order chi connectivity index (χ1) is 13.2. The number of ether oxygens (including phenoxy) is 1. The van der Waals surface area contributed by atoms with Gasteiger partial charge in [-0.1, -0.05) is 30.3 Å². The second kappa shape index (κ2) is 7.94. The SMILES string of the molecule is COc1ccc(CCNC(=O)c2ccc(-c3csc4ccccc34)s2)cc1. The lowest BCUT2D eigenvalue weighted by atomic mass is 10.1. The number of amides is 1. The number of thiophene rings is 2. The van der Waals surface area contributed by atoms with E-state index in [1.807, 2.05) is 36.4 Å². The Morgan fingerprint density at radius 2 is 1.85 bits per heavy atom. The third-order valence-electron chi connectivity index (χ3n) is 4.43. The standard InChI is InChI=1S/C22H19NO2S2/c1-25-16-8-6-15(7-9-16)12-13-23-22(24)21-11-10-20(27-21)18-14-26-19-5-3-2-4-17(18)19/h2-11,14H,12-13H2,1H3,(H,23,24). The van der Waals surface area contributed by atoms with Gasteiger partial charge < -0.3 is 10.1 Å². The fraction of sp³-hybridized carbons (Fsp3) is 0.136. The van der Waals surface area contributed by atoms with Crippen LogP contribution in [0.15, 0.2) is 66.0 Å². The Labute approximate surface area is 166 Å². The zero-order chi connectivity index (χ0) is 18.6. The van der Waals surface area contributed by atoms with Crippen molar-refractivity contribution >= 4 is 38.7 Å². The topological polar surface area (TPSA) is 38.3 Å². The number of benzene rings is 2. The van der Waals surface area contributed by atoms with Crippen LogP contribution in [0, 0.1) is 0 Å². The predicted molar refractivity (Wildman–Crippen MR) is 114 cm³/mol. The summed E-state index contributed by atoms with van der Waals surface area (Å²) < 4.78 is 6.43. The number of carbonyl (C=O) groups is 1. The maximum atomic E-state index is 12.5. The molecule has 136 valence electrons. The van der Waals surface area contributed by atoms with Crippen molar-refractivity contribution in [3.05, 3.63) is 76.5 Å². The van der Waals surface area contributed by atoms with E-state index in [2.05, 4.69) is 35.0 Å². The fourth-order valence-electron chi connectivity index (χ4n) is 2.97. The Bertz CT molecular complexity index is 1060. The van der Waals surface area contributed by atoms with Crippen molar-refractivity contribution in [1.82, 2.24) is 5.32 Å². The summed E-state index contributed by atoms with van der Waals surface area (Å²) in [5.41, 5.74) is 2.38. The van der Waals surface area contributed by atoms with Gasteiger partial charge in [0.05, 0.1) is 12.0 Å². The van der Waals surface area contributed by atoms with Crippen LogP contribution in [0.1, 0.15) is 15.2 Å². The summed E-state index contributed by atoms with van der Waals surface area (Å²) >= 11 is 3.28. The van der Waals surface area contributed by atoms with E-state index >= 15 is 0 Å². The quantitative estimate of drug-likeness (QED) is 0.462. The molecule has 0 saturated carbocycles. The summed E-state index contributed by atoms with van der Waals surface area (Å²) in [6.45, 7) is 0.611. The number of nitrogens with one attached hydrogen (secondary N) is 1. The van der Waals surface area contributed by atoms with Crippen molar-refractivity contribution in [2.45, 2.75) is 6.42 Å². The van der Waals surface area contributed by atoms with Crippen LogP contribution in [0.25, 0.3) is 20.5 Å². The molecule has 27 heavy (non-hydrogen) atoms. The largest absolute Gasteiger partial charge is 0.497 e. The first-order valence-electron chi connectivity index (χ1n) is 8.72. The van der Waals surface area contributed by atoms with Crippen LogP contribution in [0.4, 0.5) is 0 Å². The number of methoxy groups -OCH3 is 1. The lowest BCUT2D eigenvalue weighted by Crippen LogP contribution is -2.24. The molecule has 1 N–H and O–H groups in total. The number of fused-ring (bicyclic) bond motifs is 1. The van der Waals surface area contributed by atoms with Gasteiger partial charge >= 0.3 is 0 Å². The summed E-state index contributed by atoms with van der Waals surface area (Å²) in [7, 11) is 1.66. The Kier molecular flexibility index (Phi) is 5.23. The predicted octanol–water partition coefficient (Wildman–Crippen LogP) is 5.61. The van der Waals surface area contributed by atoms with Crippen molar-refractivity contribution in [2.24, 2.45) is 0 Å². The van der Waals surface area contributed by atoms with Gasteiger partial charge in [0.15, 0.2) is 0 Å². The van der Waals surface area contributed by atoms with Crippen molar-refractivity contribution in [2.75, 3.05) is 13.7 Å². The molecule has 0 unspecified atom stereocenters. The molecule has 0 spiro atoms. The van der Waals surface area contributed by atoms with Gasteiger partial charge in [0.2, 0.25) is 0 Å². The Balaban J connectivity index is 1.39. The van der Waals surface area contributed by atoms with E-state index in [4.69, 9.17) is 4.74 Å². The van der Waals surface area contributed by atoms with Gasteiger partial charge in [-0.05, 0) is 42.3 Å². The summed E-state index contributed by atoms with van der Waals surface area (Å²) in [6, 6.07) is 20.2. The van der Waals surface area contributed by atoms with Crippen molar-refractivity contribution in [3.8, 4) is 16.2 Å². The number of rotatable bonds is 6. The molecule has 2 aromatic carbocycles. The minimum atomic E-state index is -0.0145. The van der Waals surface area contributed by atoms with Gasteiger partial charge in [-0.15, -0.1) is 22.7 Å². The lowest BCUT2D eigenvalue weighted by molar-refractivity contribution is 0.0958. The Morgan fingerprint density at radius 3 is 2.67 bits per heavy atom. The molecule has 4 aromatic rings. The molecule has 4 rings (SSSR count). The molecule has 0 atom stereocenters. The van der Waals surface area contributed by atoms with Gasteiger partial charge in [-0.2, -0.15) is 0 Å². The summed E-state index contributed by atoms with van der Waals surface area (Å²) in [5, 5.41) is 6.43. The van der Waals surface area contributed by atoms with Gasteiger partial charge in [-0.3, -0.25) is 4.79 Å². The summed E-state index contributed by atoms with van der Waals surface area (Å²) in [6.07, 6.45) is 0.795. The third kappa shape index (κ3) is 3.89. The molecule has 2 heterocycles. The van der Waals surface area contributed by atoms with Gasteiger partial charge in [0.1, 0.15) is 5.75 Å². The van der Waals surface area contributed by atoms with Gasteiger partial charge in [0.25, 0.3) is 5.91 Å². The van der Waals surface area contributed by atoms with Crippen LogP contribution in [-0.4, -0.2) is 19.6 Å². The van der Waals surface area contributed by atoms with E-state index in [1.165, 1.54) is 21.2 Å². The molecule has 0 saturated heterocycles. The molecular formula is C22H19NO2S2. The molecule has 0 aliphatic rings. The Hall–Kier alpha value is -2.63. The van der Waals surface area contributed by atoms with Crippen LogP contribution in [-0.2, 0) is 6.42 Å². The fourth-order valence-corrected chi connectivity index (χ4v) is 4.96. The van der Waals surface area contributed by atoms with Crippen molar-refractivity contribution in [3.63, 3.8) is 0 Å². The highest BCUT2D eigenvalue weighted by Gasteiger charge is 2.12. The van der Waals surface area contributed by atoms with Gasteiger partial charge in [0, 0.05) is 32.5 Å². The minimum absolute atomic E-state index is 0.0145. The zero-order valence-electron chi connectivity index (χ0n) is 14.9. The van der Waals surface area contributed by atoms with E-state index in [0.717, 1.165) is 21.9 Å². The molecule has 3 nitrogen and oxygen atoms in total. The molecule has 0 aliphatic heterocycles. The zero-order valence-corrected chi connectivity index (χ0v) is 16.5. The monoisotopic (exact) mass is 393 g/mol. The average Bonchev–Trinajstić information content (AvgIpc) is 3.35. The third-order valence-corrected chi connectivity index (χ3v) is 6.52. The van der Waals surface area contributed by atoms with Crippen LogP contribution >= 0.6 is 22.7 Å². The number of hydrogen-bond donors (Lipinski definition) is 1. The summed E-state index contributed by atoms with van der Waals surface area (Å²) in [5.74, 6) is 0.828. The van der Waals surface area contributed by atoms with Crippen molar-refractivity contribution < 1.29 is 9.53 Å². The van der Waals surface area contributed by atoms with Gasteiger partial charge in [-0.25, -0.2) is 0 Å². The molecule has 1 amide bonds. The molecule has 0 radical (unpaired) electrons. The lowest BCUT2D eigenvalue weighted by Gasteiger charge is -2.05. The maximum absolute atomic E-state index is 12.5. The second-order valence-corrected chi connectivity index (χ2v) is 8.16. The summed E-state index contributed by atoms with van der Waals surface area (Å²) in [4.78, 5) is 14.3. The Morgan fingerprint density at radius 1 is 1.04 bits per heavy atom. The number of carbonyl (C=O) groups excluding carboxylic acids is 1. The normalized spacial score (nSPS) is 10.9.